The Morgan fingerprint density at radius 2 is 0.731 bits per heavy atom. The molecule has 0 N–H and O–H groups in total. The zero-order valence-corrected chi connectivity index (χ0v) is 18.8. The lowest BCUT2D eigenvalue weighted by Crippen LogP contribution is -2.00. The van der Waals surface area contributed by atoms with Gasteiger partial charge in [-0.2, -0.15) is 0 Å². The normalized spacial score (nSPS) is 12.6. The van der Waals surface area contributed by atoms with Crippen molar-refractivity contribution in [3.05, 3.63) is 6.92 Å². The third-order valence-electron chi connectivity index (χ3n) is 6.04. The van der Waals surface area contributed by atoms with Crippen molar-refractivity contribution in [2.75, 3.05) is 0 Å². The van der Waals surface area contributed by atoms with Crippen LogP contribution in [0.15, 0.2) is 0 Å². The molecule has 0 aromatic rings. The second-order valence-corrected chi connectivity index (χ2v) is 8.74. The molecule has 1 unspecified atom stereocenters. The summed E-state index contributed by atoms with van der Waals surface area (Å²) in [4.78, 5) is 0. The molecular formula is C26H53. The molecule has 0 heterocycles. The molecule has 0 nitrogen and oxygen atoms in total. The first-order chi connectivity index (χ1) is 12.8. The quantitative estimate of drug-likeness (QED) is 0.167. The van der Waals surface area contributed by atoms with Crippen LogP contribution in [0.3, 0.4) is 0 Å². The topological polar surface area (TPSA) is 0 Å². The summed E-state index contributed by atoms with van der Waals surface area (Å²) >= 11 is 0. The summed E-state index contributed by atoms with van der Waals surface area (Å²) in [6.07, 6.45) is 31.6. The fraction of sp³-hybridized carbons (Fsp3) is 0.962. The molecule has 0 spiro atoms. The molecule has 0 saturated carbocycles. The Kier molecular flexibility index (Phi) is 23.0. The fourth-order valence-corrected chi connectivity index (χ4v) is 4.21. The lowest BCUT2D eigenvalue weighted by atomic mass is 9.90. The van der Waals surface area contributed by atoms with Gasteiger partial charge in [0.05, 0.1) is 0 Å². The second kappa shape index (κ2) is 23.0. The van der Waals surface area contributed by atoms with E-state index in [0.717, 1.165) is 12.3 Å². The highest BCUT2D eigenvalue weighted by atomic mass is 14.1. The summed E-state index contributed by atoms with van der Waals surface area (Å²) in [5, 5.41) is 0. The summed E-state index contributed by atoms with van der Waals surface area (Å²) in [5.74, 6) is 0.974. The minimum Gasteiger partial charge on any atom is -0.0654 e. The van der Waals surface area contributed by atoms with E-state index in [1.54, 1.807) is 0 Å². The molecule has 0 aliphatic carbocycles. The van der Waals surface area contributed by atoms with Gasteiger partial charge in [0.2, 0.25) is 0 Å². The Balaban J connectivity index is 3.37. The Labute approximate surface area is 168 Å². The van der Waals surface area contributed by atoms with Crippen LogP contribution < -0.4 is 0 Å². The maximum atomic E-state index is 4.10. The Bertz CT molecular complexity index is 232. The molecule has 0 bridgehead atoms. The van der Waals surface area contributed by atoms with Crippen molar-refractivity contribution in [1.29, 1.82) is 0 Å². The van der Waals surface area contributed by atoms with Gasteiger partial charge in [-0.15, -0.1) is 0 Å². The Hall–Kier alpha value is 0. The van der Waals surface area contributed by atoms with E-state index in [1.165, 1.54) is 135 Å². The lowest BCUT2D eigenvalue weighted by molar-refractivity contribution is 0.382. The third kappa shape index (κ3) is 20.3. The van der Waals surface area contributed by atoms with E-state index < -0.39 is 0 Å². The molecule has 0 saturated heterocycles. The molecule has 0 fully saturated rings. The predicted molar refractivity (Wildman–Crippen MR) is 122 cm³/mol. The monoisotopic (exact) mass is 365 g/mol. The molecule has 0 heteroatoms. The first kappa shape index (κ1) is 26.0. The van der Waals surface area contributed by atoms with Crippen LogP contribution >= 0.6 is 0 Å². The van der Waals surface area contributed by atoms with Crippen molar-refractivity contribution in [2.45, 2.75) is 155 Å². The summed E-state index contributed by atoms with van der Waals surface area (Å²) < 4.78 is 0. The van der Waals surface area contributed by atoms with Crippen molar-refractivity contribution in [2.24, 2.45) is 5.92 Å². The summed E-state index contributed by atoms with van der Waals surface area (Å²) in [7, 11) is 0. The standard InChI is InChI=1S/C26H53/c1-4-7-9-11-13-14-15-16-17-18-20-22-25-26(23-6-3)24-21-19-12-10-8-5-2/h26H,3-25H2,1-2H3. The van der Waals surface area contributed by atoms with Gasteiger partial charge in [-0.1, -0.05) is 162 Å². The van der Waals surface area contributed by atoms with Crippen LogP contribution in [0, 0.1) is 12.8 Å². The van der Waals surface area contributed by atoms with Crippen LogP contribution in [0.1, 0.15) is 155 Å². The van der Waals surface area contributed by atoms with E-state index in [4.69, 9.17) is 0 Å². The predicted octanol–water partition coefficient (Wildman–Crippen LogP) is 10.1. The van der Waals surface area contributed by atoms with Crippen molar-refractivity contribution < 1.29 is 0 Å². The molecular weight excluding hydrogens is 312 g/mol. The van der Waals surface area contributed by atoms with Gasteiger partial charge in [0.25, 0.3) is 0 Å². The highest BCUT2D eigenvalue weighted by molar-refractivity contribution is 4.62. The van der Waals surface area contributed by atoms with E-state index in [0.29, 0.717) is 0 Å². The smallest absolute Gasteiger partial charge is 0.0414 e. The second-order valence-electron chi connectivity index (χ2n) is 8.74. The van der Waals surface area contributed by atoms with Crippen LogP contribution in [-0.4, -0.2) is 0 Å². The number of hydrogen-bond acceptors (Lipinski definition) is 0. The average molecular weight is 366 g/mol. The van der Waals surface area contributed by atoms with E-state index >= 15 is 0 Å². The molecule has 157 valence electrons. The minimum absolute atomic E-state index is 0.974. The molecule has 0 aliphatic rings. The maximum absolute atomic E-state index is 4.10. The Morgan fingerprint density at radius 3 is 1.04 bits per heavy atom. The fourth-order valence-electron chi connectivity index (χ4n) is 4.21. The molecule has 26 heavy (non-hydrogen) atoms. The van der Waals surface area contributed by atoms with Gasteiger partial charge in [-0.3, -0.25) is 0 Å². The summed E-state index contributed by atoms with van der Waals surface area (Å²) in [5.41, 5.74) is 0. The molecule has 0 amide bonds. The zero-order valence-electron chi connectivity index (χ0n) is 18.8. The van der Waals surface area contributed by atoms with Gasteiger partial charge in [-0.25, -0.2) is 0 Å². The first-order valence-electron chi connectivity index (χ1n) is 12.6. The van der Waals surface area contributed by atoms with Crippen LogP contribution in [0.25, 0.3) is 0 Å². The SMILES string of the molecule is [CH2]CCC(CCCCCCCC)CCCCCCCCCCCCCC. The third-order valence-corrected chi connectivity index (χ3v) is 6.04. The highest BCUT2D eigenvalue weighted by Crippen LogP contribution is 2.23. The minimum atomic E-state index is 0.974. The first-order valence-corrected chi connectivity index (χ1v) is 12.6. The van der Waals surface area contributed by atoms with Crippen LogP contribution in [0.2, 0.25) is 0 Å². The zero-order chi connectivity index (χ0) is 19.1. The molecule has 0 rings (SSSR count). The average Bonchev–Trinajstić information content (AvgIpc) is 2.65. The molecule has 0 aliphatic heterocycles. The van der Waals surface area contributed by atoms with Gasteiger partial charge in [-0.05, 0) is 5.92 Å². The van der Waals surface area contributed by atoms with Crippen molar-refractivity contribution in [3.63, 3.8) is 0 Å². The number of hydrogen-bond donors (Lipinski definition) is 0. The van der Waals surface area contributed by atoms with Gasteiger partial charge in [0, 0.05) is 0 Å². The summed E-state index contributed by atoms with van der Waals surface area (Å²) in [6.45, 7) is 8.71. The Morgan fingerprint density at radius 1 is 0.423 bits per heavy atom. The molecule has 0 aromatic carbocycles. The van der Waals surface area contributed by atoms with Gasteiger partial charge >= 0.3 is 0 Å². The van der Waals surface area contributed by atoms with E-state index in [9.17, 15) is 0 Å². The summed E-state index contributed by atoms with van der Waals surface area (Å²) in [6, 6.07) is 0. The van der Waals surface area contributed by atoms with Crippen molar-refractivity contribution in [3.8, 4) is 0 Å². The van der Waals surface area contributed by atoms with Gasteiger partial charge < -0.3 is 0 Å². The van der Waals surface area contributed by atoms with Crippen LogP contribution in [0.4, 0.5) is 0 Å². The molecule has 1 atom stereocenters. The highest BCUT2D eigenvalue weighted by Gasteiger charge is 2.07. The van der Waals surface area contributed by atoms with E-state index in [-0.39, 0.29) is 0 Å². The maximum Gasteiger partial charge on any atom is -0.0414 e. The van der Waals surface area contributed by atoms with Gasteiger partial charge in [0.15, 0.2) is 0 Å². The van der Waals surface area contributed by atoms with Gasteiger partial charge in [0.1, 0.15) is 0 Å². The number of unbranched alkanes of at least 4 members (excludes halogenated alkanes) is 16. The van der Waals surface area contributed by atoms with Crippen LogP contribution in [0.5, 0.6) is 0 Å². The largest absolute Gasteiger partial charge is 0.0654 e. The molecule has 0 aromatic heterocycles. The van der Waals surface area contributed by atoms with Crippen LogP contribution in [-0.2, 0) is 0 Å². The van der Waals surface area contributed by atoms with E-state index in [1.807, 2.05) is 0 Å². The molecule has 1 radical (unpaired) electrons. The van der Waals surface area contributed by atoms with Crippen molar-refractivity contribution >= 4 is 0 Å². The van der Waals surface area contributed by atoms with Crippen molar-refractivity contribution in [1.82, 2.24) is 0 Å². The van der Waals surface area contributed by atoms with E-state index in [2.05, 4.69) is 20.8 Å². The number of rotatable bonds is 22. The lowest BCUT2D eigenvalue weighted by Gasteiger charge is -2.16.